The van der Waals surface area contributed by atoms with Gasteiger partial charge < -0.3 is 10.2 Å². The van der Waals surface area contributed by atoms with E-state index in [1.54, 1.807) is 0 Å². The molecule has 2 saturated heterocycles. The Balaban J connectivity index is 1.40. The molecule has 0 amide bonds. The first-order valence-corrected chi connectivity index (χ1v) is 8.32. The van der Waals surface area contributed by atoms with E-state index in [0.717, 1.165) is 12.0 Å². The maximum absolute atomic E-state index is 3.69. The quantitative estimate of drug-likeness (QED) is 0.811. The number of thioether (sulfide) groups is 1. The number of nitrogens with one attached hydrogen (secondary N) is 1. The Labute approximate surface area is 110 Å². The molecule has 1 saturated carbocycles. The molecular formula is C14H26N2S. The molecule has 0 bridgehead atoms. The molecule has 3 rings (SSSR count). The van der Waals surface area contributed by atoms with E-state index in [2.05, 4.69) is 28.9 Å². The van der Waals surface area contributed by atoms with Crippen molar-refractivity contribution in [1.29, 1.82) is 0 Å². The zero-order valence-electron chi connectivity index (χ0n) is 11.1. The highest BCUT2D eigenvalue weighted by Gasteiger charge is 2.34. The van der Waals surface area contributed by atoms with Gasteiger partial charge in [0.05, 0.1) is 0 Å². The molecule has 0 aromatic carbocycles. The van der Waals surface area contributed by atoms with E-state index in [4.69, 9.17) is 0 Å². The van der Waals surface area contributed by atoms with E-state index in [-0.39, 0.29) is 0 Å². The second-order valence-corrected chi connectivity index (χ2v) is 8.16. The largest absolute Gasteiger partial charge is 0.314 e. The third-order valence-corrected chi connectivity index (χ3v) is 6.02. The summed E-state index contributed by atoms with van der Waals surface area (Å²) < 4.78 is 0.568. The van der Waals surface area contributed by atoms with Gasteiger partial charge in [-0.2, -0.15) is 11.8 Å². The van der Waals surface area contributed by atoms with Crippen molar-refractivity contribution < 1.29 is 0 Å². The van der Waals surface area contributed by atoms with Gasteiger partial charge in [0.1, 0.15) is 0 Å². The van der Waals surface area contributed by atoms with Crippen molar-refractivity contribution in [1.82, 2.24) is 10.2 Å². The average molecular weight is 254 g/mol. The van der Waals surface area contributed by atoms with Gasteiger partial charge in [0.2, 0.25) is 0 Å². The van der Waals surface area contributed by atoms with Crippen LogP contribution in [0.2, 0.25) is 0 Å². The maximum Gasteiger partial charge on any atom is 0.0259 e. The van der Waals surface area contributed by atoms with E-state index in [1.807, 2.05) is 0 Å². The lowest BCUT2D eigenvalue weighted by Crippen LogP contribution is -2.36. The molecule has 1 aliphatic carbocycles. The van der Waals surface area contributed by atoms with Crippen molar-refractivity contribution in [2.75, 3.05) is 31.9 Å². The van der Waals surface area contributed by atoms with Crippen molar-refractivity contribution >= 4 is 11.8 Å². The van der Waals surface area contributed by atoms with Crippen molar-refractivity contribution in [2.45, 2.75) is 49.8 Å². The van der Waals surface area contributed by atoms with Crippen LogP contribution in [0.25, 0.3) is 0 Å². The Morgan fingerprint density at radius 3 is 2.94 bits per heavy atom. The predicted octanol–water partition coefficient (Wildman–Crippen LogP) is 2.35. The number of likely N-dealkylation sites (tertiary alicyclic amines) is 1. The van der Waals surface area contributed by atoms with Gasteiger partial charge >= 0.3 is 0 Å². The van der Waals surface area contributed by atoms with Gasteiger partial charge in [0.15, 0.2) is 0 Å². The molecule has 2 nitrogen and oxygen atoms in total. The fraction of sp³-hybridized carbons (Fsp3) is 1.00. The summed E-state index contributed by atoms with van der Waals surface area (Å²) in [5, 5.41) is 3.69. The maximum atomic E-state index is 3.69. The molecule has 2 heterocycles. The van der Waals surface area contributed by atoms with Crippen LogP contribution in [0.5, 0.6) is 0 Å². The smallest absolute Gasteiger partial charge is 0.0259 e. The van der Waals surface area contributed by atoms with Gasteiger partial charge in [-0.25, -0.2) is 0 Å². The first kappa shape index (κ1) is 12.3. The Morgan fingerprint density at radius 1 is 1.35 bits per heavy atom. The normalized spacial score (nSPS) is 39.0. The van der Waals surface area contributed by atoms with Gasteiger partial charge in [-0.15, -0.1) is 0 Å². The molecule has 0 aromatic heterocycles. The third kappa shape index (κ3) is 3.39. The number of rotatable bonds is 5. The van der Waals surface area contributed by atoms with Crippen LogP contribution < -0.4 is 5.32 Å². The highest BCUT2D eigenvalue weighted by atomic mass is 32.2. The summed E-state index contributed by atoms with van der Waals surface area (Å²) in [4.78, 5) is 2.72. The Morgan fingerprint density at radius 2 is 2.24 bits per heavy atom. The summed E-state index contributed by atoms with van der Waals surface area (Å²) in [6.07, 6.45) is 7.12. The topological polar surface area (TPSA) is 15.3 Å². The second kappa shape index (κ2) is 5.10. The van der Waals surface area contributed by atoms with Crippen molar-refractivity contribution in [3.63, 3.8) is 0 Å². The van der Waals surface area contributed by atoms with Crippen LogP contribution in [0.4, 0.5) is 0 Å². The van der Waals surface area contributed by atoms with E-state index in [9.17, 15) is 0 Å². The lowest BCUT2D eigenvalue weighted by molar-refractivity contribution is 0.289. The SMILES string of the molecule is CC1(CN2CCC(CNC3CC3)C2)CCCS1. The second-order valence-electron chi connectivity index (χ2n) is 6.47. The van der Waals surface area contributed by atoms with E-state index in [1.165, 1.54) is 64.0 Å². The van der Waals surface area contributed by atoms with Gasteiger partial charge in [-0.05, 0) is 63.8 Å². The number of hydrogen-bond acceptors (Lipinski definition) is 3. The molecule has 98 valence electrons. The summed E-state index contributed by atoms with van der Waals surface area (Å²) in [7, 11) is 0. The highest BCUT2D eigenvalue weighted by molar-refractivity contribution is 8.00. The molecule has 1 N–H and O–H groups in total. The molecule has 17 heavy (non-hydrogen) atoms. The van der Waals surface area contributed by atoms with Gasteiger partial charge in [-0.3, -0.25) is 0 Å². The summed E-state index contributed by atoms with van der Waals surface area (Å²) in [6, 6.07) is 0.881. The van der Waals surface area contributed by atoms with Gasteiger partial charge in [-0.1, -0.05) is 0 Å². The highest BCUT2D eigenvalue weighted by Crippen LogP contribution is 2.39. The van der Waals surface area contributed by atoms with Crippen molar-refractivity contribution in [3.8, 4) is 0 Å². The summed E-state index contributed by atoms with van der Waals surface area (Å²) >= 11 is 2.20. The number of nitrogens with zero attached hydrogens (tertiary/aromatic N) is 1. The van der Waals surface area contributed by atoms with Crippen LogP contribution in [0.1, 0.15) is 39.0 Å². The van der Waals surface area contributed by atoms with E-state index in [0.29, 0.717) is 4.75 Å². The molecule has 0 spiro atoms. The van der Waals surface area contributed by atoms with Crippen LogP contribution in [0, 0.1) is 5.92 Å². The van der Waals surface area contributed by atoms with Gasteiger partial charge in [0, 0.05) is 23.9 Å². The summed E-state index contributed by atoms with van der Waals surface area (Å²) in [5.41, 5.74) is 0. The number of hydrogen-bond donors (Lipinski definition) is 1. The molecular weight excluding hydrogens is 228 g/mol. The monoisotopic (exact) mass is 254 g/mol. The fourth-order valence-corrected chi connectivity index (χ4v) is 4.62. The minimum atomic E-state index is 0.568. The summed E-state index contributed by atoms with van der Waals surface area (Å²) in [6.45, 7) is 7.76. The fourth-order valence-electron chi connectivity index (χ4n) is 3.28. The van der Waals surface area contributed by atoms with Crippen molar-refractivity contribution in [2.24, 2.45) is 5.92 Å². The minimum Gasteiger partial charge on any atom is -0.314 e. The average Bonchev–Trinajstić information content (AvgIpc) is 2.89. The van der Waals surface area contributed by atoms with Crippen LogP contribution in [-0.4, -0.2) is 47.6 Å². The lowest BCUT2D eigenvalue weighted by atomic mass is 10.1. The molecule has 3 fully saturated rings. The predicted molar refractivity (Wildman–Crippen MR) is 75.7 cm³/mol. The zero-order valence-corrected chi connectivity index (χ0v) is 11.9. The Hall–Kier alpha value is 0.270. The Kier molecular flexibility index (Phi) is 3.69. The van der Waals surface area contributed by atoms with Gasteiger partial charge in [0.25, 0.3) is 0 Å². The van der Waals surface area contributed by atoms with Crippen LogP contribution >= 0.6 is 11.8 Å². The molecule has 3 aliphatic rings. The molecule has 0 radical (unpaired) electrons. The van der Waals surface area contributed by atoms with E-state index < -0.39 is 0 Å². The van der Waals surface area contributed by atoms with Crippen LogP contribution in [-0.2, 0) is 0 Å². The third-order valence-electron chi connectivity index (χ3n) is 4.50. The van der Waals surface area contributed by atoms with E-state index >= 15 is 0 Å². The van der Waals surface area contributed by atoms with Crippen molar-refractivity contribution in [3.05, 3.63) is 0 Å². The molecule has 0 aromatic rings. The Bertz CT molecular complexity index is 259. The zero-order chi connectivity index (χ0) is 11.7. The minimum absolute atomic E-state index is 0.568. The standard InChI is InChI=1S/C14H26N2S/c1-14(6-2-8-17-14)11-16-7-5-12(10-16)9-15-13-3-4-13/h12-13,15H,2-11H2,1H3. The molecule has 2 unspecified atom stereocenters. The first-order valence-electron chi connectivity index (χ1n) is 7.33. The van der Waals surface area contributed by atoms with Crippen LogP contribution in [0.3, 0.4) is 0 Å². The molecule has 2 aliphatic heterocycles. The first-order chi connectivity index (χ1) is 8.23. The lowest BCUT2D eigenvalue weighted by Gasteiger charge is -2.29. The molecule has 2 atom stereocenters. The summed E-state index contributed by atoms with van der Waals surface area (Å²) in [5.74, 6) is 2.31. The van der Waals surface area contributed by atoms with Crippen LogP contribution in [0.15, 0.2) is 0 Å². The molecule has 3 heteroatoms.